The second kappa shape index (κ2) is 6.28. The number of furan rings is 1. The minimum Gasteiger partial charge on any atom is -0.494 e. The third kappa shape index (κ3) is 3.02. The second-order valence-corrected chi connectivity index (χ2v) is 4.56. The van der Waals surface area contributed by atoms with E-state index in [9.17, 15) is 4.79 Å². The molecule has 4 heteroatoms. The van der Waals surface area contributed by atoms with Gasteiger partial charge in [-0.25, -0.2) is 0 Å². The Morgan fingerprint density at radius 1 is 1.30 bits per heavy atom. The zero-order valence-corrected chi connectivity index (χ0v) is 12.0. The summed E-state index contributed by atoms with van der Waals surface area (Å²) in [4.78, 5) is 14.1. The molecular formula is C16H19NO3. The molecule has 0 aliphatic carbocycles. The van der Waals surface area contributed by atoms with Crippen LogP contribution in [0.3, 0.4) is 0 Å². The number of rotatable bonds is 5. The summed E-state index contributed by atoms with van der Waals surface area (Å²) in [5.74, 6) is 1.49. The number of amides is 1. The van der Waals surface area contributed by atoms with Gasteiger partial charge in [-0.15, -0.1) is 0 Å². The molecule has 20 heavy (non-hydrogen) atoms. The predicted octanol–water partition coefficient (Wildman–Crippen LogP) is 3.51. The Morgan fingerprint density at radius 3 is 2.55 bits per heavy atom. The van der Waals surface area contributed by atoms with Crippen molar-refractivity contribution in [1.29, 1.82) is 0 Å². The minimum atomic E-state index is -0.107. The summed E-state index contributed by atoms with van der Waals surface area (Å²) in [5.41, 5.74) is 0.634. The van der Waals surface area contributed by atoms with Gasteiger partial charge in [-0.05, 0) is 50.2 Å². The molecule has 2 aromatic rings. The molecule has 0 saturated carbocycles. The van der Waals surface area contributed by atoms with E-state index in [2.05, 4.69) is 0 Å². The van der Waals surface area contributed by atoms with Crippen molar-refractivity contribution in [1.82, 2.24) is 4.90 Å². The lowest BCUT2D eigenvalue weighted by Crippen LogP contribution is -2.29. The van der Waals surface area contributed by atoms with Crippen molar-refractivity contribution in [2.24, 2.45) is 0 Å². The van der Waals surface area contributed by atoms with E-state index < -0.39 is 0 Å². The standard InChI is InChI=1S/C16H19NO3/c1-4-19-14-9-7-13(8-10-14)16(18)17(3)12(2)15-6-5-11-20-15/h5-12H,4H2,1-3H3/t12-/m0/s1. The van der Waals surface area contributed by atoms with E-state index in [-0.39, 0.29) is 11.9 Å². The molecule has 0 spiro atoms. The van der Waals surface area contributed by atoms with Gasteiger partial charge in [-0.2, -0.15) is 0 Å². The molecule has 0 radical (unpaired) electrons. The van der Waals surface area contributed by atoms with Crippen LogP contribution >= 0.6 is 0 Å². The fourth-order valence-electron chi connectivity index (χ4n) is 1.96. The maximum absolute atomic E-state index is 12.4. The molecule has 106 valence electrons. The first kappa shape index (κ1) is 14.2. The highest BCUT2D eigenvalue weighted by atomic mass is 16.5. The first-order chi connectivity index (χ1) is 9.63. The average Bonchev–Trinajstić information content (AvgIpc) is 3.00. The van der Waals surface area contributed by atoms with E-state index in [0.717, 1.165) is 11.5 Å². The van der Waals surface area contributed by atoms with Crippen molar-refractivity contribution in [2.75, 3.05) is 13.7 Å². The maximum atomic E-state index is 12.4. The Bertz CT molecular complexity index is 546. The number of hydrogen-bond donors (Lipinski definition) is 0. The van der Waals surface area contributed by atoms with Crippen molar-refractivity contribution >= 4 is 5.91 Å². The normalized spacial score (nSPS) is 11.9. The Balaban J connectivity index is 2.10. The van der Waals surface area contributed by atoms with E-state index in [0.29, 0.717) is 12.2 Å². The van der Waals surface area contributed by atoms with Gasteiger partial charge >= 0.3 is 0 Å². The molecule has 0 bridgehead atoms. The van der Waals surface area contributed by atoms with Crippen molar-refractivity contribution in [3.8, 4) is 5.75 Å². The van der Waals surface area contributed by atoms with Gasteiger partial charge in [-0.3, -0.25) is 4.79 Å². The van der Waals surface area contributed by atoms with E-state index in [1.54, 1.807) is 30.3 Å². The van der Waals surface area contributed by atoms with Crippen LogP contribution in [0.5, 0.6) is 5.75 Å². The van der Waals surface area contributed by atoms with Gasteiger partial charge in [0.25, 0.3) is 5.91 Å². The quantitative estimate of drug-likeness (QED) is 0.837. The number of hydrogen-bond acceptors (Lipinski definition) is 3. The number of carbonyl (C=O) groups is 1. The number of benzene rings is 1. The monoisotopic (exact) mass is 273 g/mol. The van der Waals surface area contributed by atoms with Gasteiger partial charge < -0.3 is 14.1 Å². The fourth-order valence-corrected chi connectivity index (χ4v) is 1.96. The highest BCUT2D eigenvalue weighted by Gasteiger charge is 2.20. The summed E-state index contributed by atoms with van der Waals surface area (Å²) in [5, 5.41) is 0. The number of nitrogens with zero attached hydrogens (tertiary/aromatic N) is 1. The zero-order valence-electron chi connectivity index (χ0n) is 12.0. The lowest BCUT2D eigenvalue weighted by Gasteiger charge is -2.23. The summed E-state index contributed by atoms with van der Waals surface area (Å²) in [7, 11) is 1.77. The molecule has 0 N–H and O–H groups in total. The average molecular weight is 273 g/mol. The third-order valence-electron chi connectivity index (χ3n) is 3.27. The first-order valence-corrected chi connectivity index (χ1v) is 6.67. The molecule has 0 aliphatic rings. The largest absolute Gasteiger partial charge is 0.494 e. The molecule has 0 fully saturated rings. The lowest BCUT2D eigenvalue weighted by atomic mass is 10.1. The fraction of sp³-hybridized carbons (Fsp3) is 0.312. The number of ether oxygens (including phenoxy) is 1. The predicted molar refractivity (Wildman–Crippen MR) is 76.8 cm³/mol. The van der Waals surface area contributed by atoms with Gasteiger partial charge in [0.05, 0.1) is 18.9 Å². The van der Waals surface area contributed by atoms with E-state index in [1.807, 2.05) is 38.1 Å². The molecule has 0 unspecified atom stereocenters. The van der Waals surface area contributed by atoms with Crippen LogP contribution in [0.4, 0.5) is 0 Å². The second-order valence-electron chi connectivity index (χ2n) is 4.56. The SMILES string of the molecule is CCOc1ccc(C(=O)N(C)[C@@H](C)c2ccco2)cc1. The molecule has 0 saturated heterocycles. The highest BCUT2D eigenvalue weighted by molar-refractivity contribution is 5.94. The summed E-state index contributed by atoms with van der Waals surface area (Å²) in [6.07, 6.45) is 1.61. The summed E-state index contributed by atoms with van der Waals surface area (Å²) >= 11 is 0. The Kier molecular flexibility index (Phi) is 4.45. The van der Waals surface area contributed by atoms with Crippen molar-refractivity contribution in [3.05, 3.63) is 54.0 Å². The van der Waals surface area contributed by atoms with Crippen LogP contribution < -0.4 is 4.74 Å². The molecule has 0 aliphatic heterocycles. The first-order valence-electron chi connectivity index (χ1n) is 6.67. The summed E-state index contributed by atoms with van der Waals surface area (Å²) in [6.45, 7) is 4.48. The summed E-state index contributed by atoms with van der Waals surface area (Å²) in [6, 6.07) is 10.7. The van der Waals surface area contributed by atoms with Crippen LogP contribution in [-0.4, -0.2) is 24.5 Å². The molecular weight excluding hydrogens is 254 g/mol. The van der Waals surface area contributed by atoms with Gasteiger partial charge in [-0.1, -0.05) is 0 Å². The Morgan fingerprint density at radius 2 is 2.00 bits per heavy atom. The van der Waals surface area contributed by atoms with Crippen molar-refractivity contribution in [2.45, 2.75) is 19.9 Å². The summed E-state index contributed by atoms with van der Waals surface area (Å²) < 4.78 is 10.7. The van der Waals surface area contributed by atoms with Crippen molar-refractivity contribution < 1.29 is 13.9 Å². The third-order valence-corrected chi connectivity index (χ3v) is 3.27. The van der Waals surface area contributed by atoms with Crippen LogP contribution in [0.15, 0.2) is 47.1 Å². The molecule has 2 rings (SSSR count). The van der Waals surface area contributed by atoms with Crippen LogP contribution in [0, 0.1) is 0 Å². The zero-order chi connectivity index (χ0) is 14.5. The minimum absolute atomic E-state index is 0.0445. The smallest absolute Gasteiger partial charge is 0.254 e. The Labute approximate surface area is 119 Å². The highest BCUT2D eigenvalue weighted by Crippen LogP contribution is 2.21. The van der Waals surface area contributed by atoms with Gasteiger partial charge in [0.2, 0.25) is 0 Å². The molecule has 1 aromatic heterocycles. The van der Waals surface area contributed by atoms with Gasteiger partial charge in [0.15, 0.2) is 0 Å². The molecule has 1 atom stereocenters. The van der Waals surface area contributed by atoms with Crippen LogP contribution in [0.25, 0.3) is 0 Å². The topological polar surface area (TPSA) is 42.7 Å². The maximum Gasteiger partial charge on any atom is 0.254 e. The molecule has 1 amide bonds. The van der Waals surface area contributed by atoms with Crippen LogP contribution in [0.2, 0.25) is 0 Å². The van der Waals surface area contributed by atoms with E-state index >= 15 is 0 Å². The molecule has 1 heterocycles. The molecule has 4 nitrogen and oxygen atoms in total. The van der Waals surface area contributed by atoms with Crippen molar-refractivity contribution in [3.63, 3.8) is 0 Å². The Hall–Kier alpha value is -2.23. The lowest BCUT2D eigenvalue weighted by molar-refractivity contribution is 0.0726. The van der Waals surface area contributed by atoms with E-state index in [1.165, 1.54) is 0 Å². The van der Waals surface area contributed by atoms with Crippen LogP contribution in [0.1, 0.15) is 36.0 Å². The van der Waals surface area contributed by atoms with Gasteiger partial charge in [0.1, 0.15) is 11.5 Å². The molecule has 1 aromatic carbocycles. The number of carbonyl (C=O) groups excluding carboxylic acids is 1. The van der Waals surface area contributed by atoms with Crippen LogP contribution in [-0.2, 0) is 0 Å². The van der Waals surface area contributed by atoms with E-state index in [4.69, 9.17) is 9.15 Å². The van der Waals surface area contributed by atoms with Gasteiger partial charge in [0, 0.05) is 12.6 Å².